The molecule has 0 aromatic carbocycles. The molecule has 0 aliphatic heterocycles. The molecule has 1 heterocycles. The summed E-state index contributed by atoms with van der Waals surface area (Å²) in [7, 11) is 0. The third kappa shape index (κ3) is 3.01. The molecule has 0 aliphatic rings. The molecule has 0 N–H and O–H groups in total. The van der Waals surface area contributed by atoms with Crippen molar-refractivity contribution in [3.8, 4) is 0 Å². The van der Waals surface area contributed by atoms with Gasteiger partial charge in [-0.05, 0) is 11.8 Å². The van der Waals surface area contributed by atoms with Crippen LogP contribution in [0.1, 0.15) is 43.9 Å². The molecule has 0 amide bonds. The van der Waals surface area contributed by atoms with Gasteiger partial charge in [-0.25, -0.2) is 0 Å². The van der Waals surface area contributed by atoms with Gasteiger partial charge >= 0.3 is 0 Å². The molecular weight excluding hydrogens is 166 g/mol. The molecule has 72 valence electrons. The molecule has 1 aromatic rings. The largest absolute Gasteiger partial charge is 0.353 e. The van der Waals surface area contributed by atoms with Crippen LogP contribution in [0.15, 0.2) is 10.6 Å². The molecule has 0 unspecified atom stereocenters. The summed E-state index contributed by atoms with van der Waals surface area (Å²) in [5.74, 6) is 0.270. The Bertz CT molecular complexity index is 307. The Balaban J connectivity index is 2.75. The lowest BCUT2D eigenvalue weighted by atomic mass is 9.90. The summed E-state index contributed by atoms with van der Waals surface area (Å²) >= 11 is 0. The Morgan fingerprint density at radius 2 is 2.15 bits per heavy atom. The lowest BCUT2D eigenvalue weighted by Crippen LogP contribution is -2.09. The summed E-state index contributed by atoms with van der Waals surface area (Å²) in [6, 6.07) is 1.72. The summed E-state index contributed by atoms with van der Waals surface area (Å²) in [4.78, 5) is 10.9. The van der Waals surface area contributed by atoms with Gasteiger partial charge in [0.1, 0.15) is 0 Å². The molecule has 13 heavy (non-hydrogen) atoms. The molecular formula is C10H15NO2. The number of carbonyl (C=O) groups excluding carboxylic acids is 1. The normalized spacial score (nSPS) is 11.7. The van der Waals surface area contributed by atoms with Gasteiger partial charge < -0.3 is 4.52 Å². The minimum Gasteiger partial charge on any atom is -0.353 e. The van der Waals surface area contributed by atoms with Crippen molar-refractivity contribution in [2.45, 2.75) is 34.1 Å². The second-order valence-electron chi connectivity index (χ2n) is 4.48. The zero-order valence-electron chi connectivity index (χ0n) is 8.55. The topological polar surface area (TPSA) is 43.1 Å². The zero-order valence-corrected chi connectivity index (χ0v) is 8.55. The highest BCUT2D eigenvalue weighted by Gasteiger charge is 2.15. The summed E-state index contributed by atoms with van der Waals surface area (Å²) in [6.07, 6.45) is 0.823. The van der Waals surface area contributed by atoms with E-state index >= 15 is 0 Å². The Morgan fingerprint density at radius 1 is 1.54 bits per heavy atom. The number of rotatable bonds is 2. The second kappa shape index (κ2) is 3.32. The van der Waals surface area contributed by atoms with Gasteiger partial charge in [-0.2, -0.15) is 0 Å². The van der Waals surface area contributed by atoms with Crippen LogP contribution in [0.4, 0.5) is 0 Å². The van der Waals surface area contributed by atoms with Crippen LogP contribution in [0.25, 0.3) is 0 Å². The molecule has 3 heteroatoms. The number of Topliss-reactive ketones (excluding diaryl/α,β-unsaturated/α-hetero) is 1. The van der Waals surface area contributed by atoms with Gasteiger partial charge in [0.2, 0.25) is 5.76 Å². The van der Waals surface area contributed by atoms with Crippen LogP contribution in [-0.2, 0) is 6.42 Å². The fourth-order valence-electron chi connectivity index (χ4n) is 1.10. The first kappa shape index (κ1) is 9.96. The SMILES string of the molecule is CC(=O)c1cc(CC(C)(C)C)no1. The third-order valence-corrected chi connectivity index (χ3v) is 1.62. The quantitative estimate of drug-likeness (QED) is 0.658. The van der Waals surface area contributed by atoms with Crippen molar-refractivity contribution in [2.75, 3.05) is 0 Å². The van der Waals surface area contributed by atoms with Crippen LogP contribution in [0.5, 0.6) is 0 Å². The molecule has 0 bridgehead atoms. The van der Waals surface area contributed by atoms with E-state index in [0.29, 0.717) is 5.76 Å². The lowest BCUT2D eigenvalue weighted by Gasteiger charge is -2.14. The van der Waals surface area contributed by atoms with Gasteiger partial charge in [0.05, 0.1) is 5.69 Å². The van der Waals surface area contributed by atoms with Gasteiger partial charge in [0, 0.05) is 13.0 Å². The molecule has 3 nitrogen and oxygen atoms in total. The third-order valence-electron chi connectivity index (χ3n) is 1.62. The molecule has 0 atom stereocenters. The molecule has 0 aliphatic carbocycles. The van der Waals surface area contributed by atoms with Crippen molar-refractivity contribution in [1.29, 1.82) is 0 Å². The molecule has 0 fully saturated rings. The Kier molecular flexibility index (Phi) is 2.55. The minimum atomic E-state index is -0.0762. The maximum atomic E-state index is 10.9. The maximum Gasteiger partial charge on any atom is 0.202 e. The predicted octanol–water partition coefficient (Wildman–Crippen LogP) is 2.47. The van der Waals surface area contributed by atoms with Crippen LogP contribution in [0.2, 0.25) is 0 Å². The van der Waals surface area contributed by atoms with Crippen LogP contribution >= 0.6 is 0 Å². The van der Waals surface area contributed by atoms with Crippen molar-refractivity contribution in [3.63, 3.8) is 0 Å². The van der Waals surface area contributed by atoms with E-state index < -0.39 is 0 Å². The van der Waals surface area contributed by atoms with E-state index in [2.05, 4.69) is 25.9 Å². The number of hydrogen-bond donors (Lipinski definition) is 0. The Hall–Kier alpha value is -1.12. The molecule has 0 spiro atoms. The van der Waals surface area contributed by atoms with E-state index in [0.717, 1.165) is 12.1 Å². The van der Waals surface area contributed by atoms with Crippen molar-refractivity contribution in [3.05, 3.63) is 17.5 Å². The van der Waals surface area contributed by atoms with Crippen LogP contribution in [-0.4, -0.2) is 10.9 Å². The smallest absolute Gasteiger partial charge is 0.202 e. The number of ketones is 1. The summed E-state index contributed by atoms with van der Waals surface area (Å²) in [5.41, 5.74) is 1.02. The van der Waals surface area contributed by atoms with E-state index in [1.807, 2.05) is 0 Å². The fourth-order valence-corrected chi connectivity index (χ4v) is 1.10. The Morgan fingerprint density at radius 3 is 2.54 bits per heavy atom. The Labute approximate surface area is 78.1 Å². The molecule has 0 saturated heterocycles. The highest BCUT2D eigenvalue weighted by Crippen LogP contribution is 2.20. The first-order valence-electron chi connectivity index (χ1n) is 4.35. The molecule has 1 aromatic heterocycles. The van der Waals surface area contributed by atoms with E-state index in [1.165, 1.54) is 6.92 Å². The molecule has 0 radical (unpaired) electrons. The van der Waals surface area contributed by atoms with Crippen molar-refractivity contribution < 1.29 is 9.32 Å². The van der Waals surface area contributed by atoms with E-state index in [4.69, 9.17) is 4.52 Å². The highest BCUT2D eigenvalue weighted by molar-refractivity contribution is 5.91. The van der Waals surface area contributed by atoms with Crippen LogP contribution < -0.4 is 0 Å². The predicted molar refractivity (Wildman–Crippen MR) is 49.7 cm³/mol. The summed E-state index contributed by atoms with van der Waals surface area (Å²) in [6.45, 7) is 7.83. The van der Waals surface area contributed by atoms with Gasteiger partial charge in [0.15, 0.2) is 5.78 Å². The van der Waals surface area contributed by atoms with Crippen molar-refractivity contribution in [1.82, 2.24) is 5.16 Å². The van der Waals surface area contributed by atoms with E-state index in [9.17, 15) is 4.79 Å². The first-order chi connectivity index (χ1) is 5.88. The fraction of sp³-hybridized carbons (Fsp3) is 0.600. The zero-order chi connectivity index (χ0) is 10.1. The maximum absolute atomic E-state index is 10.9. The standard InChI is InChI=1S/C10H15NO2/c1-7(12)9-5-8(11-13-9)6-10(2,3)4/h5H,6H2,1-4H3. The molecule has 0 saturated carbocycles. The van der Waals surface area contributed by atoms with Crippen LogP contribution in [0.3, 0.4) is 0 Å². The van der Waals surface area contributed by atoms with Gasteiger partial charge in [-0.3, -0.25) is 4.79 Å². The van der Waals surface area contributed by atoms with E-state index in [-0.39, 0.29) is 11.2 Å². The van der Waals surface area contributed by atoms with Gasteiger partial charge in [-0.15, -0.1) is 0 Å². The average Bonchev–Trinajstić information content (AvgIpc) is 2.31. The first-order valence-corrected chi connectivity index (χ1v) is 4.35. The lowest BCUT2D eigenvalue weighted by molar-refractivity contribution is 0.0978. The van der Waals surface area contributed by atoms with Crippen molar-refractivity contribution >= 4 is 5.78 Å². The monoisotopic (exact) mass is 181 g/mol. The number of nitrogens with zero attached hydrogens (tertiary/aromatic N) is 1. The second-order valence-corrected chi connectivity index (χ2v) is 4.48. The number of aromatic nitrogens is 1. The van der Waals surface area contributed by atoms with Crippen molar-refractivity contribution in [2.24, 2.45) is 5.41 Å². The number of carbonyl (C=O) groups is 1. The minimum absolute atomic E-state index is 0.0762. The highest BCUT2D eigenvalue weighted by atomic mass is 16.5. The molecule has 1 rings (SSSR count). The van der Waals surface area contributed by atoms with Gasteiger partial charge in [-0.1, -0.05) is 25.9 Å². The average molecular weight is 181 g/mol. The summed E-state index contributed by atoms with van der Waals surface area (Å²) < 4.78 is 4.87. The van der Waals surface area contributed by atoms with Crippen LogP contribution in [0, 0.1) is 5.41 Å². The summed E-state index contributed by atoms with van der Waals surface area (Å²) in [5, 5.41) is 3.83. The van der Waals surface area contributed by atoms with Gasteiger partial charge in [0.25, 0.3) is 0 Å². The van der Waals surface area contributed by atoms with E-state index in [1.54, 1.807) is 6.07 Å². The number of hydrogen-bond acceptors (Lipinski definition) is 3.